The summed E-state index contributed by atoms with van der Waals surface area (Å²) in [5.41, 5.74) is 0. The van der Waals surface area contributed by atoms with Gasteiger partial charge in [0.15, 0.2) is 5.78 Å². The zero-order valence-corrected chi connectivity index (χ0v) is 10.6. The number of carbonyl (C=O) groups excluding carboxylic acids is 1. The van der Waals surface area contributed by atoms with E-state index >= 15 is 0 Å². The van der Waals surface area contributed by atoms with E-state index in [-0.39, 0.29) is 18.6 Å². The molecule has 19 heavy (non-hydrogen) atoms. The lowest BCUT2D eigenvalue weighted by Crippen LogP contribution is -2.08. The molecule has 0 atom stereocenters. The summed E-state index contributed by atoms with van der Waals surface area (Å²) in [7, 11) is 0. The van der Waals surface area contributed by atoms with E-state index in [1.54, 1.807) is 6.07 Å². The zero-order valence-electron chi connectivity index (χ0n) is 9.76. The molecule has 0 bridgehead atoms. The van der Waals surface area contributed by atoms with Gasteiger partial charge >= 0.3 is 6.18 Å². The Morgan fingerprint density at radius 2 is 1.95 bits per heavy atom. The largest absolute Gasteiger partial charge is 0.389 e. The van der Waals surface area contributed by atoms with Crippen LogP contribution in [0.3, 0.4) is 0 Å². The summed E-state index contributed by atoms with van der Waals surface area (Å²) in [4.78, 5) is 12.1. The van der Waals surface area contributed by atoms with Crippen LogP contribution in [0, 0.1) is 5.82 Å². The Labute approximate surface area is 110 Å². The summed E-state index contributed by atoms with van der Waals surface area (Å²) in [6, 6.07) is 5.68. The van der Waals surface area contributed by atoms with Gasteiger partial charge in [0.1, 0.15) is 5.82 Å². The molecular weight excluding hydrogens is 280 g/mol. The Morgan fingerprint density at radius 3 is 2.63 bits per heavy atom. The third kappa shape index (κ3) is 3.76. The van der Waals surface area contributed by atoms with Crippen LogP contribution < -0.4 is 0 Å². The molecule has 6 heteroatoms. The Kier molecular flexibility index (Phi) is 3.89. The molecule has 0 radical (unpaired) electrons. The molecule has 0 spiro atoms. The van der Waals surface area contributed by atoms with Gasteiger partial charge in [0.2, 0.25) is 0 Å². The van der Waals surface area contributed by atoms with Gasteiger partial charge in [-0.15, -0.1) is 11.3 Å². The molecule has 0 saturated heterocycles. The van der Waals surface area contributed by atoms with E-state index in [4.69, 9.17) is 0 Å². The van der Waals surface area contributed by atoms with Crippen molar-refractivity contribution in [3.8, 4) is 0 Å². The van der Waals surface area contributed by atoms with Crippen molar-refractivity contribution in [2.75, 3.05) is 0 Å². The fourth-order valence-electron chi connectivity index (χ4n) is 1.72. The van der Waals surface area contributed by atoms with Crippen LogP contribution in [-0.2, 0) is 0 Å². The number of rotatable bonds is 4. The van der Waals surface area contributed by atoms with E-state index in [0.717, 1.165) is 4.70 Å². The Hall–Kier alpha value is -1.43. The topological polar surface area (TPSA) is 17.1 Å². The Bertz CT molecular complexity index is 600. The minimum absolute atomic E-state index is 0.144. The first-order valence-corrected chi connectivity index (χ1v) is 6.46. The molecule has 0 aliphatic heterocycles. The van der Waals surface area contributed by atoms with Gasteiger partial charge in [-0.25, -0.2) is 4.39 Å². The lowest BCUT2D eigenvalue weighted by molar-refractivity contribution is -0.135. The van der Waals surface area contributed by atoms with E-state index < -0.39 is 18.4 Å². The second-order valence-electron chi connectivity index (χ2n) is 4.18. The zero-order chi connectivity index (χ0) is 14.0. The number of fused-ring (bicyclic) bond motifs is 1. The van der Waals surface area contributed by atoms with Crippen molar-refractivity contribution in [2.24, 2.45) is 0 Å². The van der Waals surface area contributed by atoms with Crippen LogP contribution in [0.5, 0.6) is 0 Å². The molecule has 0 amide bonds. The third-order valence-electron chi connectivity index (χ3n) is 2.62. The SMILES string of the molecule is O=C(CCCC(F)(F)F)c1cc2cc(F)ccc2s1. The number of hydrogen-bond donors (Lipinski definition) is 0. The summed E-state index contributed by atoms with van der Waals surface area (Å²) in [6.07, 6.45) is -5.55. The maximum absolute atomic E-state index is 13.0. The van der Waals surface area contributed by atoms with Gasteiger partial charge in [-0.1, -0.05) is 0 Å². The quantitative estimate of drug-likeness (QED) is 0.575. The maximum Gasteiger partial charge on any atom is 0.389 e. The van der Waals surface area contributed by atoms with Crippen LogP contribution in [0.2, 0.25) is 0 Å². The third-order valence-corrected chi connectivity index (χ3v) is 3.77. The molecule has 2 aromatic rings. The first-order chi connectivity index (χ1) is 8.85. The van der Waals surface area contributed by atoms with E-state index in [0.29, 0.717) is 10.3 Å². The highest BCUT2D eigenvalue weighted by molar-refractivity contribution is 7.20. The highest BCUT2D eigenvalue weighted by atomic mass is 32.1. The van der Waals surface area contributed by atoms with Gasteiger partial charge in [0.25, 0.3) is 0 Å². The smallest absolute Gasteiger partial charge is 0.293 e. The number of ketones is 1. The Morgan fingerprint density at radius 1 is 1.21 bits per heavy atom. The molecule has 0 aliphatic rings. The maximum atomic E-state index is 13.0. The summed E-state index contributed by atoms with van der Waals surface area (Å²) < 4.78 is 49.6. The molecule has 0 unspecified atom stereocenters. The molecule has 1 aromatic heterocycles. The number of hydrogen-bond acceptors (Lipinski definition) is 2. The summed E-state index contributed by atoms with van der Waals surface area (Å²) in [6.45, 7) is 0. The first-order valence-electron chi connectivity index (χ1n) is 5.64. The lowest BCUT2D eigenvalue weighted by Gasteiger charge is -2.04. The monoisotopic (exact) mass is 290 g/mol. The molecule has 0 saturated carbocycles. The van der Waals surface area contributed by atoms with Crippen molar-refractivity contribution in [1.82, 2.24) is 0 Å². The molecule has 102 valence electrons. The highest BCUT2D eigenvalue weighted by Crippen LogP contribution is 2.28. The predicted octanol–water partition coefficient (Wildman–Crippen LogP) is 4.96. The van der Waals surface area contributed by atoms with E-state index in [2.05, 4.69) is 0 Å². The highest BCUT2D eigenvalue weighted by Gasteiger charge is 2.26. The van der Waals surface area contributed by atoms with Crippen molar-refractivity contribution in [1.29, 1.82) is 0 Å². The molecule has 0 fully saturated rings. The van der Waals surface area contributed by atoms with Crippen LogP contribution >= 0.6 is 11.3 Å². The van der Waals surface area contributed by atoms with Crippen LogP contribution in [0.4, 0.5) is 17.6 Å². The van der Waals surface area contributed by atoms with Crippen LogP contribution in [0.15, 0.2) is 24.3 Å². The van der Waals surface area contributed by atoms with Crippen LogP contribution in [0.25, 0.3) is 10.1 Å². The Balaban J connectivity index is 2.05. The summed E-state index contributed by atoms with van der Waals surface area (Å²) in [5.74, 6) is -0.729. The standard InChI is InChI=1S/C13H10F4OS/c14-9-3-4-11-8(6-9)7-12(19-11)10(18)2-1-5-13(15,16)17/h3-4,6-7H,1-2,5H2. The second kappa shape index (κ2) is 5.28. The molecule has 2 rings (SSSR count). The summed E-state index contributed by atoms with van der Waals surface area (Å²) in [5, 5.41) is 0.601. The molecule has 1 heterocycles. The number of thiophene rings is 1. The normalized spacial score (nSPS) is 12.0. The van der Waals surface area contributed by atoms with Gasteiger partial charge in [0, 0.05) is 17.5 Å². The number of alkyl halides is 3. The molecule has 1 nitrogen and oxygen atoms in total. The molecule has 0 aliphatic carbocycles. The minimum atomic E-state index is -4.23. The van der Waals surface area contributed by atoms with Gasteiger partial charge in [-0.3, -0.25) is 4.79 Å². The van der Waals surface area contributed by atoms with Gasteiger partial charge in [-0.2, -0.15) is 13.2 Å². The van der Waals surface area contributed by atoms with Crippen molar-refractivity contribution in [2.45, 2.75) is 25.4 Å². The van der Waals surface area contributed by atoms with E-state index in [1.165, 1.54) is 29.5 Å². The minimum Gasteiger partial charge on any atom is -0.293 e. The van der Waals surface area contributed by atoms with Crippen LogP contribution in [0.1, 0.15) is 28.9 Å². The van der Waals surface area contributed by atoms with Crippen molar-refractivity contribution < 1.29 is 22.4 Å². The van der Waals surface area contributed by atoms with Crippen molar-refractivity contribution in [3.63, 3.8) is 0 Å². The average Bonchev–Trinajstić information content (AvgIpc) is 2.70. The predicted molar refractivity (Wildman–Crippen MR) is 66.0 cm³/mol. The van der Waals surface area contributed by atoms with Gasteiger partial charge in [-0.05, 0) is 36.1 Å². The van der Waals surface area contributed by atoms with E-state index in [9.17, 15) is 22.4 Å². The number of halogens is 4. The van der Waals surface area contributed by atoms with Crippen molar-refractivity contribution in [3.05, 3.63) is 35.0 Å². The number of Topliss-reactive ketones (excluding diaryl/α,β-unsaturated/α-hetero) is 1. The van der Waals surface area contributed by atoms with Gasteiger partial charge in [0.05, 0.1) is 4.88 Å². The first kappa shape index (κ1) is 14.0. The molecular formula is C13H10F4OS. The van der Waals surface area contributed by atoms with Gasteiger partial charge < -0.3 is 0 Å². The lowest BCUT2D eigenvalue weighted by atomic mass is 10.1. The second-order valence-corrected chi connectivity index (χ2v) is 5.27. The fourth-order valence-corrected chi connectivity index (χ4v) is 2.73. The molecule has 0 N–H and O–H groups in total. The fraction of sp³-hybridized carbons (Fsp3) is 0.308. The summed E-state index contributed by atoms with van der Waals surface area (Å²) >= 11 is 1.17. The van der Waals surface area contributed by atoms with Crippen molar-refractivity contribution >= 4 is 27.2 Å². The van der Waals surface area contributed by atoms with E-state index in [1.807, 2.05) is 0 Å². The molecule has 1 aromatic carbocycles. The number of carbonyl (C=O) groups is 1. The number of benzene rings is 1. The average molecular weight is 290 g/mol. The van der Waals surface area contributed by atoms with Crippen LogP contribution in [-0.4, -0.2) is 12.0 Å².